The van der Waals surface area contributed by atoms with Crippen molar-refractivity contribution < 1.29 is 13.9 Å². The minimum Gasteiger partial charge on any atom is -0.496 e. The van der Waals surface area contributed by atoms with Gasteiger partial charge in [-0.05, 0) is 19.1 Å². The molecule has 0 radical (unpaired) electrons. The van der Waals surface area contributed by atoms with Gasteiger partial charge in [-0.15, -0.1) is 0 Å². The highest BCUT2D eigenvalue weighted by Gasteiger charge is 2.21. The van der Waals surface area contributed by atoms with E-state index in [4.69, 9.17) is 10.5 Å². The van der Waals surface area contributed by atoms with Gasteiger partial charge in [0.2, 0.25) is 0 Å². The summed E-state index contributed by atoms with van der Waals surface area (Å²) < 4.78 is 18.7. The number of likely N-dealkylation sites (N-methyl/N-ethyl adjacent to an activating group) is 1. The first-order valence-electron chi connectivity index (χ1n) is 5.47. The molecule has 0 aliphatic carbocycles. The maximum absolute atomic E-state index is 13.7. The summed E-state index contributed by atoms with van der Waals surface area (Å²) in [6.07, 6.45) is 0. The van der Waals surface area contributed by atoms with Crippen LogP contribution in [0.3, 0.4) is 0 Å². The zero-order valence-corrected chi connectivity index (χ0v) is 10.1. The molecule has 0 atom stereocenters. The summed E-state index contributed by atoms with van der Waals surface area (Å²) in [6, 6.07) is 4.31. The number of hydrogen-bond donors (Lipinski definition) is 1. The lowest BCUT2D eigenvalue weighted by atomic mass is 10.1. The van der Waals surface area contributed by atoms with Crippen molar-refractivity contribution in [3.8, 4) is 5.75 Å². The van der Waals surface area contributed by atoms with Gasteiger partial charge >= 0.3 is 0 Å². The highest BCUT2D eigenvalue weighted by atomic mass is 19.1. The average Bonchev–Trinajstić information content (AvgIpc) is 2.34. The summed E-state index contributed by atoms with van der Waals surface area (Å²) in [5.74, 6) is -0.733. The van der Waals surface area contributed by atoms with E-state index in [1.54, 1.807) is 6.07 Å². The Labute approximate surface area is 100 Å². The third-order valence-electron chi connectivity index (χ3n) is 2.48. The predicted molar refractivity (Wildman–Crippen MR) is 63.6 cm³/mol. The summed E-state index contributed by atoms with van der Waals surface area (Å²) >= 11 is 0. The fourth-order valence-electron chi connectivity index (χ4n) is 1.60. The number of ether oxygens (including phenoxy) is 1. The second-order valence-electron chi connectivity index (χ2n) is 3.49. The molecule has 2 N–H and O–H groups in total. The third kappa shape index (κ3) is 2.94. The molecule has 0 unspecified atom stereocenters. The molecule has 0 aromatic heterocycles. The molecule has 94 valence electrons. The smallest absolute Gasteiger partial charge is 0.260 e. The highest BCUT2D eigenvalue weighted by Crippen LogP contribution is 2.22. The van der Waals surface area contributed by atoms with Crippen LogP contribution in [0.25, 0.3) is 0 Å². The van der Waals surface area contributed by atoms with Crippen molar-refractivity contribution in [1.29, 1.82) is 0 Å². The number of hydrogen-bond acceptors (Lipinski definition) is 3. The molecule has 0 fully saturated rings. The number of benzene rings is 1. The third-order valence-corrected chi connectivity index (χ3v) is 2.48. The Hall–Kier alpha value is -1.62. The Morgan fingerprint density at radius 3 is 2.76 bits per heavy atom. The first kappa shape index (κ1) is 13.4. The van der Waals surface area contributed by atoms with Gasteiger partial charge in [-0.1, -0.05) is 6.07 Å². The predicted octanol–water partition coefficient (Wildman–Crippen LogP) is 1.26. The normalized spacial score (nSPS) is 10.1. The van der Waals surface area contributed by atoms with Crippen LogP contribution in [0.1, 0.15) is 17.3 Å². The second-order valence-corrected chi connectivity index (χ2v) is 3.49. The average molecular weight is 240 g/mol. The number of carbonyl (C=O) groups excluding carboxylic acids is 1. The van der Waals surface area contributed by atoms with E-state index in [9.17, 15) is 9.18 Å². The maximum Gasteiger partial charge on any atom is 0.260 e. The van der Waals surface area contributed by atoms with Gasteiger partial charge in [0.15, 0.2) is 0 Å². The highest BCUT2D eigenvalue weighted by molar-refractivity contribution is 5.97. The van der Waals surface area contributed by atoms with E-state index in [-0.39, 0.29) is 11.3 Å². The summed E-state index contributed by atoms with van der Waals surface area (Å²) in [5, 5.41) is 0. The van der Waals surface area contributed by atoms with E-state index < -0.39 is 11.7 Å². The van der Waals surface area contributed by atoms with Crippen LogP contribution in [-0.4, -0.2) is 37.6 Å². The lowest BCUT2D eigenvalue weighted by Crippen LogP contribution is -2.35. The molecule has 1 aromatic rings. The Morgan fingerprint density at radius 2 is 2.24 bits per heavy atom. The number of carbonyl (C=O) groups is 1. The molecule has 0 bridgehead atoms. The number of amides is 1. The molecule has 0 saturated heterocycles. The largest absolute Gasteiger partial charge is 0.496 e. The van der Waals surface area contributed by atoms with Crippen LogP contribution in [0.4, 0.5) is 4.39 Å². The summed E-state index contributed by atoms with van der Waals surface area (Å²) in [7, 11) is 1.41. The van der Waals surface area contributed by atoms with E-state index >= 15 is 0 Å². The molecule has 4 nitrogen and oxygen atoms in total. The lowest BCUT2D eigenvalue weighted by molar-refractivity contribution is 0.0760. The molecule has 1 amide bonds. The summed E-state index contributed by atoms with van der Waals surface area (Å²) in [5.41, 5.74) is 5.37. The zero-order chi connectivity index (χ0) is 12.8. The van der Waals surface area contributed by atoms with Crippen molar-refractivity contribution in [3.63, 3.8) is 0 Å². The SMILES string of the molecule is CCN(CCN)C(=O)c1c(F)cccc1OC. The van der Waals surface area contributed by atoms with Crippen LogP contribution >= 0.6 is 0 Å². The van der Waals surface area contributed by atoms with Crippen molar-refractivity contribution in [1.82, 2.24) is 4.90 Å². The quantitative estimate of drug-likeness (QED) is 0.842. The second kappa shape index (κ2) is 6.20. The zero-order valence-electron chi connectivity index (χ0n) is 10.1. The molecule has 0 aliphatic rings. The van der Waals surface area contributed by atoms with E-state index in [0.29, 0.717) is 19.6 Å². The standard InChI is InChI=1S/C12H17FN2O2/c1-3-15(8-7-14)12(16)11-9(13)5-4-6-10(11)17-2/h4-6H,3,7-8,14H2,1-2H3. The Kier molecular flexibility index (Phi) is 4.90. The first-order valence-corrected chi connectivity index (χ1v) is 5.47. The molecule has 0 saturated carbocycles. The topological polar surface area (TPSA) is 55.6 Å². The molecule has 0 spiro atoms. The van der Waals surface area contributed by atoms with Crippen LogP contribution in [0.15, 0.2) is 18.2 Å². The number of rotatable bonds is 5. The van der Waals surface area contributed by atoms with E-state index in [2.05, 4.69) is 0 Å². The summed E-state index contributed by atoms with van der Waals surface area (Å²) in [4.78, 5) is 13.6. The number of nitrogens with two attached hydrogens (primary N) is 1. The van der Waals surface area contributed by atoms with Crippen LogP contribution in [-0.2, 0) is 0 Å². The van der Waals surface area contributed by atoms with Gasteiger partial charge in [0.05, 0.1) is 7.11 Å². The van der Waals surface area contributed by atoms with Crippen molar-refractivity contribution in [2.75, 3.05) is 26.7 Å². The molecule has 1 rings (SSSR count). The van der Waals surface area contributed by atoms with Crippen LogP contribution < -0.4 is 10.5 Å². The van der Waals surface area contributed by atoms with Gasteiger partial charge in [-0.2, -0.15) is 0 Å². The molecular formula is C12H17FN2O2. The van der Waals surface area contributed by atoms with E-state index in [1.165, 1.54) is 24.1 Å². The Balaban J connectivity index is 3.09. The fraction of sp³-hybridized carbons (Fsp3) is 0.417. The van der Waals surface area contributed by atoms with E-state index in [0.717, 1.165) is 0 Å². The molecule has 5 heteroatoms. The van der Waals surface area contributed by atoms with Gasteiger partial charge in [0.25, 0.3) is 5.91 Å². The fourth-order valence-corrected chi connectivity index (χ4v) is 1.60. The minimum absolute atomic E-state index is 0.0368. The van der Waals surface area contributed by atoms with Gasteiger partial charge < -0.3 is 15.4 Å². The number of halogens is 1. The molecule has 0 aliphatic heterocycles. The van der Waals surface area contributed by atoms with Crippen molar-refractivity contribution in [3.05, 3.63) is 29.6 Å². The van der Waals surface area contributed by atoms with Crippen molar-refractivity contribution >= 4 is 5.91 Å². The van der Waals surface area contributed by atoms with Crippen LogP contribution in [0.2, 0.25) is 0 Å². The Bertz CT molecular complexity index is 396. The van der Waals surface area contributed by atoms with Gasteiger partial charge in [0, 0.05) is 19.6 Å². The van der Waals surface area contributed by atoms with E-state index in [1.807, 2.05) is 6.92 Å². The monoisotopic (exact) mass is 240 g/mol. The van der Waals surface area contributed by atoms with Gasteiger partial charge in [-0.3, -0.25) is 4.79 Å². The molecule has 17 heavy (non-hydrogen) atoms. The maximum atomic E-state index is 13.7. The molecular weight excluding hydrogens is 223 g/mol. The lowest BCUT2D eigenvalue weighted by Gasteiger charge is -2.21. The number of methoxy groups -OCH3 is 1. The Morgan fingerprint density at radius 1 is 1.53 bits per heavy atom. The van der Waals surface area contributed by atoms with Crippen LogP contribution in [0.5, 0.6) is 5.75 Å². The number of nitrogens with zero attached hydrogens (tertiary/aromatic N) is 1. The summed E-state index contributed by atoms with van der Waals surface area (Å²) in [6.45, 7) is 3.04. The van der Waals surface area contributed by atoms with Gasteiger partial charge in [0.1, 0.15) is 17.1 Å². The van der Waals surface area contributed by atoms with Crippen molar-refractivity contribution in [2.45, 2.75) is 6.92 Å². The van der Waals surface area contributed by atoms with Crippen LogP contribution in [0, 0.1) is 5.82 Å². The molecule has 0 heterocycles. The molecule has 1 aromatic carbocycles. The van der Waals surface area contributed by atoms with Crippen molar-refractivity contribution in [2.24, 2.45) is 5.73 Å². The van der Waals surface area contributed by atoms with Gasteiger partial charge in [-0.25, -0.2) is 4.39 Å². The minimum atomic E-state index is -0.579. The first-order chi connectivity index (χ1) is 8.15.